The first-order chi connectivity index (χ1) is 13.7. The Hall–Kier alpha value is -2.95. The summed E-state index contributed by atoms with van der Waals surface area (Å²) in [4.78, 5) is 27.5. The van der Waals surface area contributed by atoms with Crippen molar-refractivity contribution in [3.05, 3.63) is 71.8 Å². The van der Waals surface area contributed by atoms with E-state index in [-0.39, 0.29) is 23.8 Å². The summed E-state index contributed by atoms with van der Waals surface area (Å²) in [5, 5.41) is 6.01. The number of piperidine rings is 1. The van der Waals surface area contributed by atoms with Crippen LogP contribution in [0.5, 0.6) is 0 Å². The fraction of sp³-hybridized carbons (Fsp3) is 0.348. The van der Waals surface area contributed by atoms with Crippen molar-refractivity contribution in [1.29, 1.82) is 0 Å². The second-order valence-electron chi connectivity index (χ2n) is 7.46. The normalized spacial score (nSPS) is 19.8. The standard InChI is InChI=1S/C23H25N3O2/c27-22(17-18-7-3-1-4-8-18)25-15-12-20(13-16-25)23(28)26-21(11-14-24-26)19-9-5-2-6-10-19/h1-10,14,20-21H,11-13,15-17H2. The summed E-state index contributed by atoms with van der Waals surface area (Å²) in [6.07, 6.45) is 4.41. The lowest BCUT2D eigenvalue weighted by Gasteiger charge is -2.34. The van der Waals surface area contributed by atoms with Crippen LogP contribution in [0.1, 0.15) is 36.4 Å². The van der Waals surface area contributed by atoms with Gasteiger partial charge in [0.15, 0.2) is 0 Å². The SMILES string of the molecule is O=C(Cc1ccccc1)N1CCC(C(=O)N2N=CCC2c2ccccc2)CC1. The molecule has 0 N–H and O–H groups in total. The van der Waals surface area contributed by atoms with Crippen LogP contribution in [0, 0.1) is 5.92 Å². The number of benzene rings is 2. The Morgan fingerprint density at radius 1 is 0.929 bits per heavy atom. The van der Waals surface area contributed by atoms with Crippen molar-refractivity contribution in [2.75, 3.05) is 13.1 Å². The maximum absolute atomic E-state index is 13.1. The van der Waals surface area contributed by atoms with Crippen LogP contribution >= 0.6 is 0 Å². The third-order valence-electron chi connectivity index (χ3n) is 5.64. The van der Waals surface area contributed by atoms with Gasteiger partial charge in [0.1, 0.15) is 0 Å². The number of rotatable bonds is 4. The lowest BCUT2D eigenvalue weighted by molar-refractivity contribution is -0.142. The Morgan fingerprint density at radius 3 is 2.25 bits per heavy atom. The molecule has 4 rings (SSSR count). The second-order valence-corrected chi connectivity index (χ2v) is 7.46. The van der Waals surface area contributed by atoms with E-state index in [9.17, 15) is 9.59 Å². The summed E-state index contributed by atoms with van der Waals surface area (Å²) in [5.74, 6) is 0.151. The molecule has 5 nitrogen and oxygen atoms in total. The number of nitrogens with zero attached hydrogens (tertiary/aromatic N) is 3. The maximum Gasteiger partial charge on any atom is 0.246 e. The van der Waals surface area contributed by atoms with E-state index >= 15 is 0 Å². The number of hydrogen-bond acceptors (Lipinski definition) is 3. The molecular formula is C23H25N3O2. The van der Waals surface area contributed by atoms with Crippen LogP contribution in [0.4, 0.5) is 0 Å². The van der Waals surface area contributed by atoms with Gasteiger partial charge in [-0.05, 0) is 24.0 Å². The molecule has 2 aromatic carbocycles. The fourth-order valence-electron chi connectivity index (χ4n) is 4.02. The number of carbonyl (C=O) groups excluding carboxylic acids is 2. The highest BCUT2D eigenvalue weighted by Crippen LogP contribution is 2.31. The molecule has 2 aliphatic heterocycles. The van der Waals surface area contributed by atoms with Crippen molar-refractivity contribution >= 4 is 18.0 Å². The molecule has 2 heterocycles. The van der Waals surface area contributed by atoms with Crippen molar-refractivity contribution in [2.45, 2.75) is 31.7 Å². The highest BCUT2D eigenvalue weighted by Gasteiger charge is 2.35. The molecule has 144 valence electrons. The van der Waals surface area contributed by atoms with Crippen LogP contribution in [0.3, 0.4) is 0 Å². The lowest BCUT2D eigenvalue weighted by Crippen LogP contribution is -2.43. The summed E-state index contributed by atoms with van der Waals surface area (Å²) in [6.45, 7) is 1.27. The minimum absolute atomic E-state index is 0.00792. The first kappa shape index (κ1) is 18.4. The van der Waals surface area contributed by atoms with E-state index < -0.39 is 0 Å². The summed E-state index contributed by atoms with van der Waals surface area (Å²) >= 11 is 0. The molecule has 0 spiro atoms. The Bertz CT molecular complexity index is 843. The average molecular weight is 375 g/mol. The van der Waals surface area contributed by atoms with Gasteiger partial charge in [0, 0.05) is 31.6 Å². The highest BCUT2D eigenvalue weighted by atomic mass is 16.2. The third-order valence-corrected chi connectivity index (χ3v) is 5.64. The highest BCUT2D eigenvalue weighted by molar-refractivity contribution is 5.83. The monoisotopic (exact) mass is 375 g/mol. The molecule has 1 unspecified atom stereocenters. The third kappa shape index (κ3) is 3.98. The van der Waals surface area contributed by atoms with E-state index in [1.54, 1.807) is 5.01 Å². The van der Waals surface area contributed by atoms with Gasteiger partial charge in [-0.2, -0.15) is 5.10 Å². The number of hydrogen-bond donors (Lipinski definition) is 0. The van der Waals surface area contributed by atoms with Gasteiger partial charge >= 0.3 is 0 Å². The predicted molar refractivity (Wildman–Crippen MR) is 109 cm³/mol. The molecule has 2 aromatic rings. The largest absolute Gasteiger partial charge is 0.342 e. The summed E-state index contributed by atoms with van der Waals surface area (Å²) in [7, 11) is 0. The van der Waals surface area contributed by atoms with Crippen LogP contribution < -0.4 is 0 Å². The first-order valence-electron chi connectivity index (χ1n) is 9.94. The topological polar surface area (TPSA) is 53.0 Å². The van der Waals surface area contributed by atoms with Crippen LogP contribution in [0.15, 0.2) is 65.8 Å². The van der Waals surface area contributed by atoms with Crippen molar-refractivity contribution in [3.63, 3.8) is 0 Å². The number of amides is 2. The van der Waals surface area contributed by atoms with E-state index in [0.29, 0.717) is 32.4 Å². The van der Waals surface area contributed by atoms with Crippen LogP contribution in [0.25, 0.3) is 0 Å². The molecule has 5 heteroatoms. The zero-order valence-corrected chi connectivity index (χ0v) is 15.9. The molecule has 0 saturated carbocycles. The van der Waals surface area contributed by atoms with Crippen LogP contribution in [0.2, 0.25) is 0 Å². The fourth-order valence-corrected chi connectivity index (χ4v) is 4.02. The van der Waals surface area contributed by atoms with Crippen LogP contribution in [-0.4, -0.2) is 41.0 Å². The predicted octanol–water partition coefficient (Wildman–Crippen LogP) is 3.43. The lowest BCUT2D eigenvalue weighted by atomic mass is 9.94. The minimum Gasteiger partial charge on any atom is -0.342 e. The van der Waals surface area contributed by atoms with E-state index in [4.69, 9.17) is 0 Å². The summed E-state index contributed by atoms with van der Waals surface area (Å²) in [5.41, 5.74) is 2.15. The van der Waals surface area contributed by atoms with Gasteiger partial charge in [-0.15, -0.1) is 0 Å². The van der Waals surface area contributed by atoms with E-state index in [1.165, 1.54) is 0 Å². The smallest absolute Gasteiger partial charge is 0.246 e. The molecule has 2 aliphatic rings. The molecule has 1 fully saturated rings. The quantitative estimate of drug-likeness (QED) is 0.822. The number of likely N-dealkylation sites (tertiary alicyclic amines) is 1. The summed E-state index contributed by atoms with van der Waals surface area (Å²) < 4.78 is 0. The van der Waals surface area contributed by atoms with E-state index in [2.05, 4.69) is 5.10 Å². The Labute approximate surface area is 165 Å². The molecule has 0 aliphatic carbocycles. The van der Waals surface area contributed by atoms with Gasteiger partial charge in [-0.25, -0.2) is 5.01 Å². The molecule has 1 saturated heterocycles. The van der Waals surface area contributed by atoms with Gasteiger partial charge in [0.25, 0.3) is 0 Å². The Morgan fingerprint density at radius 2 is 1.57 bits per heavy atom. The van der Waals surface area contributed by atoms with E-state index in [1.807, 2.05) is 71.8 Å². The minimum atomic E-state index is -0.0674. The van der Waals surface area contributed by atoms with E-state index in [0.717, 1.165) is 17.5 Å². The summed E-state index contributed by atoms with van der Waals surface area (Å²) in [6, 6.07) is 19.9. The van der Waals surface area contributed by atoms with Crippen LogP contribution in [-0.2, 0) is 16.0 Å². The number of hydrazone groups is 1. The second kappa shape index (κ2) is 8.38. The molecular weight excluding hydrogens is 350 g/mol. The van der Waals surface area contributed by atoms with Crippen molar-refractivity contribution in [1.82, 2.24) is 9.91 Å². The van der Waals surface area contributed by atoms with Gasteiger partial charge in [0.05, 0.1) is 12.5 Å². The Kier molecular flexibility index (Phi) is 5.51. The molecule has 0 aromatic heterocycles. The van der Waals surface area contributed by atoms with Gasteiger partial charge < -0.3 is 4.90 Å². The molecule has 0 bridgehead atoms. The molecule has 28 heavy (non-hydrogen) atoms. The first-order valence-corrected chi connectivity index (χ1v) is 9.94. The molecule has 0 radical (unpaired) electrons. The Balaban J connectivity index is 1.34. The molecule has 2 amide bonds. The van der Waals surface area contributed by atoms with Crippen molar-refractivity contribution in [2.24, 2.45) is 11.0 Å². The van der Waals surface area contributed by atoms with Gasteiger partial charge in [-0.1, -0.05) is 60.7 Å². The number of carbonyl (C=O) groups is 2. The van der Waals surface area contributed by atoms with Gasteiger partial charge in [0.2, 0.25) is 11.8 Å². The van der Waals surface area contributed by atoms with Crippen molar-refractivity contribution < 1.29 is 9.59 Å². The average Bonchev–Trinajstić information content (AvgIpc) is 3.24. The van der Waals surface area contributed by atoms with Gasteiger partial charge in [-0.3, -0.25) is 9.59 Å². The van der Waals surface area contributed by atoms with Crippen molar-refractivity contribution in [3.8, 4) is 0 Å². The molecule has 1 atom stereocenters. The zero-order chi connectivity index (χ0) is 19.3. The zero-order valence-electron chi connectivity index (χ0n) is 15.9. The maximum atomic E-state index is 13.1.